The molecule has 0 bridgehead atoms. The molecule has 2 aromatic rings. The van der Waals surface area contributed by atoms with Crippen LogP contribution in [0.1, 0.15) is 29.6 Å². The number of nitrogens with zero attached hydrogens (tertiary/aromatic N) is 2. The molecular formula is C20H25N3O4. The van der Waals surface area contributed by atoms with E-state index in [4.69, 9.17) is 9.26 Å². The summed E-state index contributed by atoms with van der Waals surface area (Å²) >= 11 is 0. The van der Waals surface area contributed by atoms with Crippen molar-refractivity contribution in [3.05, 3.63) is 29.8 Å². The Bertz CT molecular complexity index is 803. The fraction of sp³-hybridized carbons (Fsp3) is 0.500. The molecule has 2 heterocycles. The van der Waals surface area contributed by atoms with Crippen LogP contribution in [-0.2, 0) is 0 Å². The molecule has 1 aliphatic heterocycles. The summed E-state index contributed by atoms with van der Waals surface area (Å²) in [5.74, 6) is 1.73. The van der Waals surface area contributed by atoms with Crippen molar-refractivity contribution in [1.82, 2.24) is 10.5 Å². The van der Waals surface area contributed by atoms with E-state index in [-0.39, 0.29) is 17.4 Å². The number of rotatable bonds is 5. The number of piperidine rings is 1. The lowest BCUT2D eigenvalue weighted by Gasteiger charge is -2.25. The van der Waals surface area contributed by atoms with Crippen LogP contribution >= 0.6 is 0 Å². The van der Waals surface area contributed by atoms with E-state index in [0.29, 0.717) is 29.0 Å². The Hall–Kier alpha value is -2.54. The number of carbonyl (C=O) groups is 1. The van der Waals surface area contributed by atoms with E-state index in [0.717, 1.165) is 25.9 Å². The maximum atomic E-state index is 12.0. The highest BCUT2D eigenvalue weighted by molar-refractivity contribution is 5.99. The summed E-state index contributed by atoms with van der Waals surface area (Å²) in [5, 5.41) is 17.4. The summed E-state index contributed by atoms with van der Waals surface area (Å²) in [6, 6.07) is 7.41. The van der Waals surface area contributed by atoms with Gasteiger partial charge in [0.15, 0.2) is 17.1 Å². The number of aromatic nitrogens is 1. The largest absolute Gasteiger partial charge is 0.497 e. The fourth-order valence-electron chi connectivity index (χ4n) is 4.50. The zero-order chi connectivity index (χ0) is 19.0. The van der Waals surface area contributed by atoms with Gasteiger partial charge in [-0.05, 0) is 68.5 Å². The zero-order valence-electron chi connectivity index (χ0n) is 15.6. The van der Waals surface area contributed by atoms with Crippen molar-refractivity contribution in [3.8, 4) is 17.1 Å². The average molecular weight is 371 g/mol. The third-order valence-electron chi connectivity index (χ3n) is 6.04. The quantitative estimate of drug-likeness (QED) is 0.835. The highest BCUT2D eigenvalue weighted by atomic mass is 16.5. The second-order valence-corrected chi connectivity index (χ2v) is 7.49. The second-order valence-electron chi connectivity index (χ2n) is 7.49. The van der Waals surface area contributed by atoms with Gasteiger partial charge in [-0.2, -0.15) is 0 Å². The Labute approximate surface area is 158 Å². The lowest BCUT2D eigenvalue weighted by Crippen LogP contribution is -2.33. The lowest BCUT2D eigenvalue weighted by molar-refractivity contribution is 0.0697. The van der Waals surface area contributed by atoms with Gasteiger partial charge in [0.2, 0.25) is 0 Å². The molecule has 7 nitrogen and oxygen atoms in total. The summed E-state index contributed by atoms with van der Waals surface area (Å²) in [7, 11) is 3.52. The Kier molecular flexibility index (Phi) is 4.78. The Morgan fingerprint density at radius 3 is 2.70 bits per heavy atom. The number of nitrogens with one attached hydrogen (secondary N) is 1. The van der Waals surface area contributed by atoms with Gasteiger partial charge in [0.05, 0.1) is 7.11 Å². The standard InChI is InChI=1S/C20H25N3O4/c1-23(15-9-13-7-8-21-11-14(13)10-15)19-17(20(24)25)18(27-22-19)12-3-5-16(26-2)6-4-12/h3-6,13-15,21H,7-11H2,1-2H3,(H,24,25)/t13-,14-,15+/m1/s1. The molecule has 144 valence electrons. The van der Waals surface area contributed by atoms with Crippen molar-refractivity contribution < 1.29 is 19.2 Å². The first kappa shape index (κ1) is 17.9. The van der Waals surface area contributed by atoms with Gasteiger partial charge in [0.25, 0.3) is 0 Å². The number of hydrogen-bond donors (Lipinski definition) is 2. The maximum absolute atomic E-state index is 12.0. The molecule has 1 aromatic carbocycles. The van der Waals surface area contributed by atoms with Crippen LogP contribution in [0.25, 0.3) is 11.3 Å². The SMILES string of the molecule is COc1ccc(-c2onc(N(C)[C@H]3C[C@H]4CCNC[C@H]4C3)c2C(=O)O)cc1. The summed E-state index contributed by atoms with van der Waals surface area (Å²) in [4.78, 5) is 14.0. The predicted octanol–water partition coefficient (Wildman–Crippen LogP) is 2.87. The number of ether oxygens (including phenoxy) is 1. The van der Waals surface area contributed by atoms with Crippen LogP contribution in [0.5, 0.6) is 5.75 Å². The van der Waals surface area contributed by atoms with Gasteiger partial charge in [-0.25, -0.2) is 4.79 Å². The smallest absolute Gasteiger partial charge is 0.343 e. The molecule has 0 radical (unpaired) electrons. The average Bonchev–Trinajstić information content (AvgIpc) is 3.32. The Balaban J connectivity index is 1.62. The molecule has 0 spiro atoms. The van der Waals surface area contributed by atoms with Gasteiger partial charge >= 0.3 is 5.97 Å². The van der Waals surface area contributed by atoms with Crippen molar-refractivity contribution in [1.29, 1.82) is 0 Å². The maximum Gasteiger partial charge on any atom is 0.343 e. The molecule has 0 unspecified atom stereocenters. The molecule has 4 rings (SSSR count). The second kappa shape index (κ2) is 7.23. The number of carboxylic acids is 1. The number of carboxylic acid groups (broad SMARTS) is 1. The highest BCUT2D eigenvalue weighted by Crippen LogP contribution is 2.40. The minimum Gasteiger partial charge on any atom is -0.497 e. The highest BCUT2D eigenvalue weighted by Gasteiger charge is 2.39. The molecule has 2 N–H and O–H groups in total. The van der Waals surface area contributed by atoms with Gasteiger partial charge in [-0.15, -0.1) is 0 Å². The van der Waals surface area contributed by atoms with Crippen molar-refractivity contribution in [2.75, 3.05) is 32.1 Å². The molecule has 7 heteroatoms. The summed E-state index contributed by atoms with van der Waals surface area (Å²) in [6.07, 6.45) is 3.32. The van der Waals surface area contributed by atoms with Crippen LogP contribution in [-0.4, -0.2) is 49.5 Å². The topological polar surface area (TPSA) is 87.8 Å². The molecule has 2 aliphatic rings. The summed E-state index contributed by atoms with van der Waals surface area (Å²) in [6.45, 7) is 2.13. The molecule has 1 aliphatic carbocycles. The van der Waals surface area contributed by atoms with Crippen LogP contribution in [0.2, 0.25) is 0 Å². The third-order valence-corrected chi connectivity index (χ3v) is 6.04. The van der Waals surface area contributed by atoms with Gasteiger partial charge in [-0.3, -0.25) is 0 Å². The number of anilines is 1. The van der Waals surface area contributed by atoms with Gasteiger partial charge < -0.3 is 24.6 Å². The van der Waals surface area contributed by atoms with Crippen LogP contribution < -0.4 is 15.0 Å². The fourth-order valence-corrected chi connectivity index (χ4v) is 4.50. The molecule has 1 saturated heterocycles. The molecule has 0 amide bonds. The van der Waals surface area contributed by atoms with E-state index in [9.17, 15) is 9.90 Å². The minimum absolute atomic E-state index is 0.121. The minimum atomic E-state index is -1.03. The van der Waals surface area contributed by atoms with Crippen LogP contribution in [0.3, 0.4) is 0 Å². The first-order chi connectivity index (χ1) is 13.1. The van der Waals surface area contributed by atoms with E-state index < -0.39 is 5.97 Å². The Morgan fingerprint density at radius 1 is 1.30 bits per heavy atom. The Morgan fingerprint density at radius 2 is 2.04 bits per heavy atom. The molecule has 27 heavy (non-hydrogen) atoms. The van der Waals surface area contributed by atoms with Gasteiger partial charge in [0, 0.05) is 18.7 Å². The molecule has 1 aromatic heterocycles. The number of aromatic carboxylic acids is 1. The van der Waals surface area contributed by atoms with Crippen LogP contribution in [0.4, 0.5) is 5.82 Å². The van der Waals surface area contributed by atoms with E-state index in [2.05, 4.69) is 10.5 Å². The van der Waals surface area contributed by atoms with Crippen molar-refractivity contribution in [2.24, 2.45) is 11.8 Å². The molecule has 2 fully saturated rings. The number of hydrogen-bond acceptors (Lipinski definition) is 6. The molecular weight excluding hydrogens is 346 g/mol. The third kappa shape index (κ3) is 3.27. The number of methoxy groups -OCH3 is 1. The summed E-state index contributed by atoms with van der Waals surface area (Å²) in [5.41, 5.74) is 0.792. The molecule has 3 atom stereocenters. The lowest BCUT2D eigenvalue weighted by atomic mass is 9.90. The predicted molar refractivity (Wildman–Crippen MR) is 101 cm³/mol. The van der Waals surface area contributed by atoms with Gasteiger partial charge in [0.1, 0.15) is 5.75 Å². The van der Waals surface area contributed by atoms with Crippen LogP contribution in [0.15, 0.2) is 28.8 Å². The zero-order valence-corrected chi connectivity index (χ0v) is 15.6. The first-order valence-electron chi connectivity index (χ1n) is 9.39. The van der Waals surface area contributed by atoms with Crippen molar-refractivity contribution in [3.63, 3.8) is 0 Å². The van der Waals surface area contributed by atoms with E-state index in [1.165, 1.54) is 6.42 Å². The van der Waals surface area contributed by atoms with E-state index in [1.54, 1.807) is 31.4 Å². The number of benzene rings is 1. The molecule has 1 saturated carbocycles. The monoisotopic (exact) mass is 371 g/mol. The first-order valence-corrected chi connectivity index (χ1v) is 9.39. The van der Waals surface area contributed by atoms with Gasteiger partial charge in [-0.1, -0.05) is 5.16 Å². The van der Waals surface area contributed by atoms with Crippen molar-refractivity contribution >= 4 is 11.8 Å². The summed E-state index contributed by atoms with van der Waals surface area (Å²) < 4.78 is 10.7. The van der Waals surface area contributed by atoms with E-state index in [1.807, 2.05) is 11.9 Å². The van der Waals surface area contributed by atoms with Crippen molar-refractivity contribution in [2.45, 2.75) is 25.3 Å². The van der Waals surface area contributed by atoms with Crippen LogP contribution in [0, 0.1) is 11.8 Å². The normalized spacial score (nSPS) is 24.4. The number of fused-ring (bicyclic) bond motifs is 1. The van der Waals surface area contributed by atoms with E-state index >= 15 is 0 Å².